The fourth-order valence-electron chi connectivity index (χ4n) is 2.21. The van der Waals surface area contributed by atoms with E-state index < -0.39 is 27.9 Å². The highest BCUT2D eigenvalue weighted by Crippen LogP contribution is 2.26. The van der Waals surface area contributed by atoms with Gasteiger partial charge in [-0.3, -0.25) is 0 Å². The third-order valence-electron chi connectivity index (χ3n) is 3.50. The SMILES string of the molecule is CCCN(C(CC)(CC)CN)S(=O)(=O)NC(=O)OC(C)C. The van der Waals surface area contributed by atoms with Gasteiger partial charge >= 0.3 is 16.3 Å². The average Bonchev–Trinajstić information content (AvgIpc) is 2.38. The maximum atomic E-state index is 12.5. The van der Waals surface area contributed by atoms with E-state index in [0.717, 1.165) is 0 Å². The average molecular weight is 323 g/mol. The van der Waals surface area contributed by atoms with Gasteiger partial charge in [-0.2, -0.15) is 12.7 Å². The molecule has 0 aromatic carbocycles. The molecule has 0 bridgehead atoms. The van der Waals surface area contributed by atoms with E-state index in [1.807, 2.05) is 25.5 Å². The zero-order valence-corrected chi connectivity index (χ0v) is 14.5. The van der Waals surface area contributed by atoms with Crippen molar-refractivity contribution in [1.82, 2.24) is 9.03 Å². The smallest absolute Gasteiger partial charge is 0.422 e. The fourth-order valence-corrected chi connectivity index (χ4v) is 3.84. The molecule has 0 unspecified atom stereocenters. The van der Waals surface area contributed by atoms with Gasteiger partial charge in [0.1, 0.15) is 0 Å². The minimum absolute atomic E-state index is 0.195. The molecule has 0 saturated heterocycles. The topological polar surface area (TPSA) is 102 Å². The number of carbonyl (C=O) groups excluding carboxylic acids is 1. The van der Waals surface area contributed by atoms with Crippen molar-refractivity contribution in [2.24, 2.45) is 5.73 Å². The number of amides is 1. The highest BCUT2D eigenvalue weighted by atomic mass is 32.2. The van der Waals surface area contributed by atoms with Gasteiger partial charge in [-0.1, -0.05) is 20.8 Å². The Balaban J connectivity index is 5.39. The lowest BCUT2D eigenvalue weighted by Gasteiger charge is -2.40. The Morgan fingerprint density at radius 3 is 2.14 bits per heavy atom. The molecule has 8 heteroatoms. The molecule has 0 saturated carbocycles. The van der Waals surface area contributed by atoms with Crippen LogP contribution >= 0.6 is 0 Å². The second kappa shape index (κ2) is 8.55. The largest absolute Gasteiger partial charge is 0.446 e. The summed E-state index contributed by atoms with van der Waals surface area (Å²) in [6.45, 7) is 9.45. The van der Waals surface area contributed by atoms with E-state index in [0.29, 0.717) is 25.8 Å². The molecule has 21 heavy (non-hydrogen) atoms. The summed E-state index contributed by atoms with van der Waals surface area (Å²) >= 11 is 0. The minimum atomic E-state index is -3.99. The molecule has 0 fully saturated rings. The number of hydrogen-bond acceptors (Lipinski definition) is 5. The predicted molar refractivity (Wildman–Crippen MR) is 83.0 cm³/mol. The molecule has 0 aromatic rings. The van der Waals surface area contributed by atoms with E-state index in [-0.39, 0.29) is 6.54 Å². The molecule has 0 atom stereocenters. The number of carbonyl (C=O) groups is 1. The van der Waals surface area contributed by atoms with Gasteiger partial charge in [0.2, 0.25) is 0 Å². The molecule has 0 spiro atoms. The van der Waals surface area contributed by atoms with Gasteiger partial charge in [-0.25, -0.2) is 9.52 Å². The van der Waals surface area contributed by atoms with Crippen LogP contribution in [0.5, 0.6) is 0 Å². The van der Waals surface area contributed by atoms with E-state index in [9.17, 15) is 13.2 Å². The molecule has 0 aliphatic heterocycles. The van der Waals surface area contributed by atoms with Crippen molar-refractivity contribution in [2.45, 2.75) is 65.5 Å². The molecule has 3 N–H and O–H groups in total. The van der Waals surface area contributed by atoms with E-state index in [4.69, 9.17) is 10.5 Å². The fraction of sp³-hybridized carbons (Fsp3) is 0.923. The molecule has 0 radical (unpaired) electrons. The molecule has 0 rings (SSSR count). The molecular weight excluding hydrogens is 294 g/mol. The maximum Gasteiger partial charge on any atom is 0.422 e. The molecule has 1 amide bonds. The van der Waals surface area contributed by atoms with Crippen LogP contribution in [0.25, 0.3) is 0 Å². The summed E-state index contributed by atoms with van der Waals surface area (Å²) in [4.78, 5) is 11.6. The van der Waals surface area contributed by atoms with Crippen LogP contribution in [0.3, 0.4) is 0 Å². The number of hydrogen-bond donors (Lipinski definition) is 2. The second-order valence-corrected chi connectivity index (χ2v) is 6.86. The van der Waals surface area contributed by atoms with E-state index >= 15 is 0 Å². The molecule has 0 aliphatic carbocycles. The standard InChI is InChI=1S/C13H29N3O4S/c1-6-9-16(13(7-2,8-3)10-14)21(18,19)15-12(17)20-11(4)5/h11H,6-10,14H2,1-5H3,(H,15,17). The van der Waals surface area contributed by atoms with Gasteiger partial charge in [0, 0.05) is 18.6 Å². The summed E-state index contributed by atoms with van der Waals surface area (Å²) in [5, 5.41) is 0. The third-order valence-corrected chi connectivity index (χ3v) is 5.07. The molecular formula is C13H29N3O4S. The zero-order chi connectivity index (χ0) is 16.7. The van der Waals surface area contributed by atoms with Crippen LogP contribution in [-0.2, 0) is 14.9 Å². The molecule has 0 heterocycles. The number of nitrogens with zero attached hydrogens (tertiary/aromatic N) is 1. The number of nitrogens with one attached hydrogen (secondary N) is 1. The van der Waals surface area contributed by atoms with Gasteiger partial charge in [0.15, 0.2) is 0 Å². The lowest BCUT2D eigenvalue weighted by atomic mass is 9.93. The van der Waals surface area contributed by atoms with Crippen molar-refractivity contribution >= 4 is 16.3 Å². The lowest BCUT2D eigenvalue weighted by Crippen LogP contribution is -2.59. The number of ether oxygens (including phenoxy) is 1. The van der Waals surface area contributed by atoms with Crippen molar-refractivity contribution in [1.29, 1.82) is 0 Å². The van der Waals surface area contributed by atoms with Crippen molar-refractivity contribution in [3.05, 3.63) is 0 Å². The third kappa shape index (κ3) is 5.44. The van der Waals surface area contributed by atoms with E-state index in [1.165, 1.54) is 4.31 Å². The summed E-state index contributed by atoms with van der Waals surface area (Å²) < 4.78 is 33.1. The monoisotopic (exact) mass is 323 g/mol. The first kappa shape index (κ1) is 20.1. The normalized spacial score (nSPS) is 12.8. The van der Waals surface area contributed by atoms with Gasteiger partial charge in [-0.05, 0) is 33.1 Å². The summed E-state index contributed by atoms with van der Waals surface area (Å²) in [6, 6.07) is 0. The number of nitrogens with two attached hydrogens (primary N) is 1. The van der Waals surface area contributed by atoms with Crippen LogP contribution in [0.15, 0.2) is 0 Å². The first-order valence-electron chi connectivity index (χ1n) is 7.40. The Kier molecular flexibility index (Phi) is 8.20. The van der Waals surface area contributed by atoms with E-state index in [1.54, 1.807) is 13.8 Å². The number of rotatable bonds is 9. The second-order valence-electron chi connectivity index (χ2n) is 5.27. The Morgan fingerprint density at radius 1 is 1.29 bits per heavy atom. The van der Waals surface area contributed by atoms with Crippen molar-refractivity contribution in [2.75, 3.05) is 13.1 Å². The highest BCUT2D eigenvalue weighted by Gasteiger charge is 2.40. The first-order chi connectivity index (χ1) is 9.69. The zero-order valence-electron chi connectivity index (χ0n) is 13.7. The Morgan fingerprint density at radius 2 is 1.81 bits per heavy atom. The summed E-state index contributed by atoms with van der Waals surface area (Å²) in [5.41, 5.74) is 5.12. The van der Waals surface area contributed by atoms with Gasteiger partial charge < -0.3 is 10.5 Å². The van der Waals surface area contributed by atoms with Crippen LogP contribution in [-0.4, -0.2) is 43.5 Å². The first-order valence-corrected chi connectivity index (χ1v) is 8.84. The van der Waals surface area contributed by atoms with Crippen LogP contribution in [0, 0.1) is 0 Å². The van der Waals surface area contributed by atoms with E-state index in [2.05, 4.69) is 0 Å². The Labute approximate surface area is 128 Å². The molecule has 126 valence electrons. The predicted octanol–water partition coefficient (Wildman–Crippen LogP) is 1.60. The minimum Gasteiger partial charge on any atom is -0.446 e. The Hall–Kier alpha value is -0.860. The summed E-state index contributed by atoms with van der Waals surface area (Å²) in [6.07, 6.45) is 0.406. The van der Waals surface area contributed by atoms with Crippen LogP contribution in [0.4, 0.5) is 4.79 Å². The van der Waals surface area contributed by atoms with Crippen molar-refractivity contribution < 1.29 is 17.9 Å². The van der Waals surface area contributed by atoms with Gasteiger partial charge in [0.05, 0.1) is 6.10 Å². The lowest BCUT2D eigenvalue weighted by molar-refractivity contribution is 0.119. The quantitative estimate of drug-likeness (QED) is 0.671. The van der Waals surface area contributed by atoms with Crippen molar-refractivity contribution in [3.8, 4) is 0 Å². The highest BCUT2D eigenvalue weighted by molar-refractivity contribution is 7.87. The molecule has 0 aliphatic rings. The van der Waals surface area contributed by atoms with Crippen LogP contribution in [0.2, 0.25) is 0 Å². The summed E-state index contributed by atoms with van der Waals surface area (Å²) in [5.74, 6) is 0. The van der Waals surface area contributed by atoms with Gasteiger partial charge in [-0.15, -0.1) is 0 Å². The maximum absolute atomic E-state index is 12.5. The molecule has 0 aromatic heterocycles. The molecule has 7 nitrogen and oxygen atoms in total. The van der Waals surface area contributed by atoms with Gasteiger partial charge in [0.25, 0.3) is 0 Å². The Bertz CT molecular complexity index is 411. The van der Waals surface area contributed by atoms with Crippen LogP contribution in [0.1, 0.15) is 53.9 Å². The van der Waals surface area contributed by atoms with Crippen LogP contribution < -0.4 is 10.5 Å². The summed E-state index contributed by atoms with van der Waals surface area (Å²) in [7, 11) is -3.99. The van der Waals surface area contributed by atoms with Crippen molar-refractivity contribution in [3.63, 3.8) is 0 Å².